The van der Waals surface area contributed by atoms with Crippen molar-refractivity contribution in [2.75, 3.05) is 20.3 Å². The van der Waals surface area contributed by atoms with Crippen molar-refractivity contribution in [3.8, 4) is 39.9 Å². The third-order valence-electron chi connectivity index (χ3n) is 9.31. The van der Waals surface area contributed by atoms with Crippen LogP contribution in [-0.2, 0) is 30.7 Å². The van der Waals surface area contributed by atoms with E-state index >= 15 is 0 Å². The van der Waals surface area contributed by atoms with Crippen LogP contribution in [0.3, 0.4) is 0 Å². The Morgan fingerprint density at radius 3 is 2.58 bits per heavy atom. The zero-order valence-electron chi connectivity index (χ0n) is 27.3. The summed E-state index contributed by atoms with van der Waals surface area (Å²) in [6.45, 7) is 4.77. The molecule has 0 saturated carbocycles. The van der Waals surface area contributed by atoms with Gasteiger partial charge in [-0.05, 0) is 78.8 Å². The predicted octanol–water partition coefficient (Wildman–Crippen LogP) is 7.76. The van der Waals surface area contributed by atoms with E-state index in [4.69, 9.17) is 28.9 Å². The van der Waals surface area contributed by atoms with Crippen molar-refractivity contribution in [3.05, 3.63) is 119 Å². The number of hydrogen-bond acceptors (Lipinski definition) is 7. The molecular formula is C40H38N4O4. The van der Waals surface area contributed by atoms with Crippen LogP contribution in [0.4, 0.5) is 0 Å². The molecule has 6 aromatic rings. The average molecular weight is 639 g/mol. The Labute approximate surface area is 280 Å². The van der Waals surface area contributed by atoms with Gasteiger partial charge < -0.3 is 23.5 Å². The zero-order chi connectivity index (χ0) is 32.5. The minimum Gasteiger partial charge on any atom is -0.493 e. The molecule has 2 aliphatic heterocycles. The molecule has 5 heterocycles. The molecule has 8 heteroatoms. The Kier molecular flexibility index (Phi) is 8.24. The van der Waals surface area contributed by atoms with Crippen LogP contribution >= 0.6 is 0 Å². The molecule has 242 valence electrons. The fourth-order valence-corrected chi connectivity index (χ4v) is 6.52. The van der Waals surface area contributed by atoms with E-state index in [0.29, 0.717) is 31.4 Å². The maximum absolute atomic E-state index is 6.62. The van der Waals surface area contributed by atoms with Crippen LogP contribution < -0.4 is 14.2 Å². The highest BCUT2D eigenvalue weighted by Gasteiger charge is 2.23. The highest BCUT2D eigenvalue weighted by Crippen LogP contribution is 2.32. The number of rotatable bonds is 6. The number of hydrogen-bond donors (Lipinski definition) is 0. The van der Waals surface area contributed by atoms with Crippen molar-refractivity contribution >= 4 is 11.0 Å². The standard InChI is InChI=1S/C40H38N4O4/c1-26-8-14-35-36(19-26)44(24-33-16-18-46-33)38(42-35)22-30-11-10-29-21-37(30)47-17-4-5-27-20-28(31-13-15-39(45-2)41-23-31)9-12-32(27)25-48-40-7-3-6-34(29)43-40/h3,6-15,19-21,23,33H,4-5,16-18,22,24-25H2,1-2H3. The minimum atomic E-state index is 0.225. The largest absolute Gasteiger partial charge is 0.493 e. The molecule has 4 bridgehead atoms. The summed E-state index contributed by atoms with van der Waals surface area (Å²) in [7, 11) is 1.63. The molecule has 2 aliphatic rings. The van der Waals surface area contributed by atoms with Gasteiger partial charge in [-0.1, -0.05) is 42.5 Å². The van der Waals surface area contributed by atoms with Gasteiger partial charge in [0.25, 0.3) is 0 Å². The van der Waals surface area contributed by atoms with Gasteiger partial charge in [0, 0.05) is 48.0 Å². The van der Waals surface area contributed by atoms with Gasteiger partial charge in [-0.3, -0.25) is 0 Å². The first-order valence-corrected chi connectivity index (χ1v) is 16.7. The molecule has 0 amide bonds. The molecule has 1 saturated heterocycles. The quantitative estimate of drug-likeness (QED) is 0.184. The van der Waals surface area contributed by atoms with Gasteiger partial charge in [-0.2, -0.15) is 0 Å². The monoisotopic (exact) mass is 638 g/mol. The molecule has 1 atom stereocenters. The first-order valence-electron chi connectivity index (χ1n) is 16.7. The lowest BCUT2D eigenvalue weighted by Crippen LogP contribution is -2.31. The molecule has 1 unspecified atom stereocenters. The minimum absolute atomic E-state index is 0.225. The molecule has 8 rings (SSSR count). The third kappa shape index (κ3) is 6.23. The van der Waals surface area contributed by atoms with E-state index in [0.717, 1.165) is 88.5 Å². The lowest BCUT2D eigenvalue weighted by Gasteiger charge is -2.27. The van der Waals surface area contributed by atoms with Gasteiger partial charge in [0.15, 0.2) is 0 Å². The van der Waals surface area contributed by atoms with Crippen molar-refractivity contribution in [1.29, 1.82) is 0 Å². The molecule has 0 aliphatic carbocycles. The maximum Gasteiger partial charge on any atom is 0.214 e. The number of imidazole rings is 1. The van der Waals surface area contributed by atoms with Gasteiger partial charge in [0.1, 0.15) is 18.2 Å². The first-order chi connectivity index (χ1) is 23.6. The van der Waals surface area contributed by atoms with Gasteiger partial charge in [-0.25, -0.2) is 15.0 Å². The Hall–Kier alpha value is -5.21. The van der Waals surface area contributed by atoms with Crippen LogP contribution in [-0.4, -0.2) is 45.9 Å². The average Bonchev–Trinajstić information content (AvgIpc) is 3.43. The summed E-state index contributed by atoms with van der Waals surface area (Å²) in [5.74, 6) is 3.06. The summed E-state index contributed by atoms with van der Waals surface area (Å²) >= 11 is 0. The Balaban J connectivity index is 1.12. The Morgan fingerprint density at radius 2 is 1.75 bits per heavy atom. The first kappa shape index (κ1) is 30.1. The van der Waals surface area contributed by atoms with Crippen molar-refractivity contribution in [1.82, 2.24) is 19.5 Å². The van der Waals surface area contributed by atoms with E-state index < -0.39 is 0 Å². The van der Waals surface area contributed by atoms with Crippen LogP contribution in [0.15, 0.2) is 91.1 Å². The Morgan fingerprint density at radius 1 is 0.854 bits per heavy atom. The molecule has 3 aromatic carbocycles. The molecule has 0 radical (unpaired) electrons. The lowest BCUT2D eigenvalue weighted by atomic mass is 9.97. The molecule has 48 heavy (non-hydrogen) atoms. The van der Waals surface area contributed by atoms with Crippen LogP contribution in [0.5, 0.6) is 17.5 Å². The summed E-state index contributed by atoms with van der Waals surface area (Å²) < 4.78 is 26.3. The number of ether oxygens (including phenoxy) is 4. The van der Waals surface area contributed by atoms with Gasteiger partial charge >= 0.3 is 0 Å². The number of aryl methyl sites for hydroxylation is 2. The number of pyridine rings is 2. The highest BCUT2D eigenvalue weighted by molar-refractivity contribution is 5.77. The van der Waals surface area contributed by atoms with Gasteiger partial charge in [-0.15, -0.1) is 0 Å². The fourth-order valence-electron chi connectivity index (χ4n) is 6.52. The van der Waals surface area contributed by atoms with Crippen molar-refractivity contribution in [2.45, 2.75) is 51.9 Å². The highest BCUT2D eigenvalue weighted by atomic mass is 16.5. The smallest absolute Gasteiger partial charge is 0.214 e. The lowest BCUT2D eigenvalue weighted by molar-refractivity contribution is -0.0589. The van der Waals surface area contributed by atoms with Crippen molar-refractivity contribution < 1.29 is 18.9 Å². The number of nitrogens with zero attached hydrogens (tertiary/aromatic N) is 4. The summed E-state index contributed by atoms with van der Waals surface area (Å²) in [4.78, 5) is 14.4. The van der Waals surface area contributed by atoms with E-state index in [2.05, 4.69) is 71.1 Å². The van der Waals surface area contributed by atoms with Crippen LogP contribution in [0.1, 0.15) is 40.9 Å². The molecule has 1 fully saturated rings. The number of methoxy groups -OCH3 is 1. The van der Waals surface area contributed by atoms with E-state index in [1.54, 1.807) is 7.11 Å². The summed E-state index contributed by atoms with van der Waals surface area (Å²) in [6, 6.07) is 29.2. The second-order valence-electron chi connectivity index (χ2n) is 12.6. The van der Waals surface area contributed by atoms with Crippen molar-refractivity contribution in [3.63, 3.8) is 0 Å². The normalized spacial score (nSPS) is 15.8. The molecular weight excluding hydrogens is 600 g/mol. The van der Waals surface area contributed by atoms with Gasteiger partial charge in [0.2, 0.25) is 11.8 Å². The summed E-state index contributed by atoms with van der Waals surface area (Å²) in [5.41, 5.74) is 10.8. The van der Waals surface area contributed by atoms with E-state index in [-0.39, 0.29) is 6.10 Å². The predicted molar refractivity (Wildman–Crippen MR) is 186 cm³/mol. The SMILES string of the molecule is COc1ccc(-c2ccc3c(c2)CCCOc2cc(ccc2Cc2nc4ccc(C)cc4n2CC2CCO2)-c2cccc(n2)OC3)cn1. The molecule has 0 N–H and O–H groups in total. The number of benzene rings is 3. The fraction of sp³-hybridized carbons (Fsp3) is 0.275. The van der Waals surface area contributed by atoms with E-state index in [1.807, 2.05) is 36.5 Å². The van der Waals surface area contributed by atoms with Crippen molar-refractivity contribution in [2.24, 2.45) is 0 Å². The maximum atomic E-state index is 6.62. The topological polar surface area (TPSA) is 80.5 Å². The molecule has 8 nitrogen and oxygen atoms in total. The van der Waals surface area contributed by atoms with Gasteiger partial charge in [0.05, 0.1) is 43.1 Å². The number of fused-ring (bicyclic) bond motifs is 7. The van der Waals surface area contributed by atoms with Crippen LogP contribution in [0, 0.1) is 6.92 Å². The summed E-state index contributed by atoms with van der Waals surface area (Å²) in [6.07, 6.45) is 5.49. The summed E-state index contributed by atoms with van der Waals surface area (Å²) in [5, 5.41) is 0. The van der Waals surface area contributed by atoms with E-state index in [9.17, 15) is 0 Å². The molecule has 0 spiro atoms. The van der Waals surface area contributed by atoms with Crippen LogP contribution in [0.2, 0.25) is 0 Å². The third-order valence-corrected chi connectivity index (χ3v) is 9.31. The van der Waals surface area contributed by atoms with Crippen LogP contribution in [0.25, 0.3) is 33.4 Å². The second kappa shape index (κ2) is 13.1. The molecule has 3 aromatic heterocycles. The Bertz CT molecular complexity index is 2080. The number of aromatic nitrogens is 4. The second-order valence-corrected chi connectivity index (χ2v) is 12.6. The zero-order valence-corrected chi connectivity index (χ0v) is 27.3. The van der Waals surface area contributed by atoms with E-state index in [1.165, 1.54) is 11.1 Å².